The van der Waals surface area contributed by atoms with Gasteiger partial charge >= 0.3 is 9.28 Å². The van der Waals surface area contributed by atoms with Gasteiger partial charge < -0.3 is 19.9 Å². The van der Waals surface area contributed by atoms with Gasteiger partial charge in [-0.1, -0.05) is 13.3 Å². The monoisotopic (exact) mass is 233 g/mol. The second kappa shape index (κ2) is 10.6. The second-order valence-electron chi connectivity index (χ2n) is 3.27. The van der Waals surface area contributed by atoms with E-state index < -0.39 is 9.28 Å². The van der Waals surface area contributed by atoms with Gasteiger partial charge in [0.05, 0.1) is 5.67 Å². The van der Waals surface area contributed by atoms with Crippen LogP contribution in [-0.2, 0) is 8.85 Å². The highest BCUT2D eigenvalue weighted by molar-refractivity contribution is 6.46. The summed E-state index contributed by atoms with van der Waals surface area (Å²) in [5, 5.41) is 3.41. The average molecular weight is 233 g/mol. The normalized spacial score (nSPS) is 13.4. The lowest BCUT2D eigenvalue weighted by Crippen LogP contribution is -2.48. The van der Waals surface area contributed by atoms with E-state index in [1.807, 2.05) is 13.8 Å². The molecule has 0 amide bonds. The molecule has 1 radical (unpaired) electrons. The third-order valence-electron chi connectivity index (χ3n) is 1.97. The van der Waals surface area contributed by atoms with Gasteiger partial charge in [-0.2, -0.15) is 0 Å². The Hall–Kier alpha value is 0.0569. The largest absolute Gasteiger partial charge is 0.403 e. The zero-order valence-corrected chi connectivity index (χ0v) is 11.2. The zero-order valence-electron chi connectivity index (χ0n) is 10.2. The van der Waals surface area contributed by atoms with Gasteiger partial charge in [0.1, 0.15) is 0 Å². The fourth-order valence-corrected chi connectivity index (χ4v) is 3.27. The summed E-state index contributed by atoms with van der Waals surface area (Å²) in [5.74, 6) is 0. The molecule has 0 aromatic rings. The fraction of sp³-hybridized carbons (Fsp3) is 1.00. The maximum absolute atomic E-state index is 5.67. The number of hydrogen-bond acceptors (Lipinski definition) is 4. The molecule has 0 bridgehead atoms. The summed E-state index contributed by atoms with van der Waals surface area (Å²) < 4.78 is 11.3. The van der Waals surface area contributed by atoms with Crippen molar-refractivity contribution in [1.82, 2.24) is 5.32 Å². The van der Waals surface area contributed by atoms with Gasteiger partial charge in [0.15, 0.2) is 0 Å². The highest BCUT2D eigenvalue weighted by Crippen LogP contribution is 2.04. The molecule has 3 N–H and O–H groups in total. The quantitative estimate of drug-likeness (QED) is 0.548. The Balaban J connectivity index is 4.09. The average Bonchev–Trinajstić information content (AvgIpc) is 2.24. The van der Waals surface area contributed by atoms with E-state index in [0.717, 1.165) is 32.6 Å². The molecule has 0 aromatic carbocycles. The number of rotatable bonds is 10. The maximum Gasteiger partial charge on any atom is 0.403 e. The molecular weight excluding hydrogens is 208 g/mol. The standard InChI is InChI=1S/C10H25N2O2Si/c1-4-7-10(12-9-8-11)15(13-5-2)14-6-3/h10,12H,4-9,11H2,1-3H3. The van der Waals surface area contributed by atoms with Gasteiger partial charge in [0.2, 0.25) is 0 Å². The Morgan fingerprint density at radius 2 is 1.80 bits per heavy atom. The minimum absolute atomic E-state index is 0.350. The molecule has 5 heteroatoms. The van der Waals surface area contributed by atoms with Gasteiger partial charge in [-0.25, -0.2) is 0 Å². The minimum atomic E-state index is -1.19. The number of nitrogens with two attached hydrogens (primary N) is 1. The molecule has 0 aliphatic heterocycles. The zero-order chi connectivity index (χ0) is 11.5. The highest BCUT2D eigenvalue weighted by atomic mass is 28.3. The molecule has 15 heavy (non-hydrogen) atoms. The van der Waals surface area contributed by atoms with E-state index in [1.165, 1.54) is 0 Å². The fourth-order valence-electron chi connectivity index (χ4n) is 1.38. The summed E-state index contributed by atoms with van der Waals surface area (Å²) in [5.41, 5.74) is 5.84. The third-order valence-corrected chi connectivity index (χ3v) is 4.18. The summed E-state index contributed by atoms with van der Waals surface area (Å²) >= 11 is 0. The van der Waals surface area contributed by atoms with Crippen molar-refractivity contribution in [3.8, 4) is 0 Å². The van der Waals surface area contributed by atoms with Crippen molar-refractivity contribution in [3.05, 3.63) is 0 Å². The molecule has 0 saturated carbocycles. The smallest absolute Gasteiger partial charge is 0.393 e. The first-order valence-electron chi connectivity index (χ1n) is 5.85. The van der Waals surface area contributed by atoms with E-state index in [4.69, 9.17) is 14.6 Å². The van der Waals surface area contributed by atoms with E-state index in [0.29, 0.717) is 12.2 Å². The number of nitrogens with one attached hydrogen (secondary N) is 1. The van der Waals surface area contributed by atoms with Gasteiger partial charge in [0.25, 0.3) is 0 Å². The Kier molecular flexibility index (Phi) is 10.6. The summed E-state index contributed by atoms with van der Waals surface area (Å²) in [6, 6.07) is 0. The van der Waals surface area contributed by atoms with Crippen LogP contribution in [0.25, 0.3) is 0 Å². The van der Waals surface area contributed by atoms with Crippen LogP contribution in [0.4, 0.5) is 0 Å². The van der Waals surface area contributed by atoms with Crippen LogP contribution >= 0.6 is 0 Å². The summed E-state index contributed by atoms with van der Waals surface area (Å²) in [4.78, 5) is 0. The third kappa shape index (κ3) is 7.02. The van der Waals surface area contributed by atoms with Crippen molar-refractivity contribution in [2.24, 2.45) is 5.73 Å². The SMILES string of the molecule is CCCC(NCCN)[Si](OCC)OCC. The predicted molar refractivity (Wildman–Crippen MR) is 64.8 cm³/mol. The van der Waals surface area contributed by atoms with Crippen molar-refractivity contribution < 1.29 is 8.85 Å². The van der Waals surface area contributed by atoms with Gasteiger partial charge in [0, 0.05) is 26.3 Å². The number of hydrogen-bond donors (Lipinski definition) is 2. The van der Waals surface area contributed by atoms with Crippen molar-refractivity contribution in [2.75, 3.05) is 26.3 Å². The Labute approximate surface area is 95.4 Å². The first kappa shape index (κ1) is 15.1. The molecule has 0 heterocycles. The summed E-state index contributed by atoms with van der Waals surface area (Å²) in [6.07, 6.45) is 2.23. The van der Waals surface area contributed by atoms with Crippen LogP contribution < -0.4 is 11.1 Å². The van der Waals surface area contributed by atoms with Gasteiger partial charge in [-0.15, -0.1) is 0 Å². The Bertz CT molecular complexity index is 133. The van der Waals surface area contributed by atoms with Crippen LogP contribution in [0, 0.1) is 0 Å². The Morgan fingerprint density at radius 3 is 2.20 bits per heavy atom. The van der Waals surface area contributed by atoms with E-state index in [2.05, 4.69) is 12.2 Å². The molecule has 0 aliphatic rings. The molecule has 1 atom stereocenters. The first-order valence-corrected chi connectivity index (χ1v) is 7.25. The van der Waals surface area contributed by atoms with Crippen molar-refractivity contribution in [1.29, 1.82) is 0 Å². The second-order valence-corrected chi connectivity index (χ2v) is 5.18. The molecule has 91 valence electrons. The van der Waals surface area contributed by atoms with Crippen molar-refractivity contribution >= 4 is 9.28 Å². The highest BCUT2D eigenvalue weighted by Gasteiger charge is 2.26. The summed E-state index contributed by atoms with van der Waals surface area (Å²) in [6.45, 7) is 9.13. The topological polar surface area (TPSA) is 56.5 Å². The lowest BCUT2D eigenvalue weighted by Gasteiger charge is -2.24. The van der Waals surface area contributed by atoms with Crippen LogP contribution in [0.15, 0.2) is 0 Å². The van der Waals surface area contributed by atoms with Crippen LogP contribution in [0.2, 0.25) is 0 Å². The minimum Gasteiger partial charge on any atom is -0.393 e. The molecule has 0 fully saturated rings. The van der Waals surface area contributed by atoms with Crippen molar-refractivity contribution in [2.45, 2.75) is 39.3 Å². The van der Waals surface area contributed by atoms with Crippen LogP contribution in [0.5, 0.6) is 0 Å². The van der Waals surface area contributed by atoms with E-state index in [9.17, 15) is 0 Å². The van der Waals surface area contributed by atoms with Crippen molar-refractivity contribution in [3.63, 3.8) is 0 Å². The molecule has 0 rings (SSSR count). The first-order chi connectivity index (χ1) is 7.29. The lowest BCUT2D eigenvalue weighted by atomic mass is 10.3. The molecular formula is C10H25N2O2Si. The maximum atomic E-state index is 5.67. The van der Waals surface area contributed by atoms with Gasteiger partial charge in [-0.05, 0) is 20.3 Å². The van der Waals surface area contributed by atoms with E-state index >= 15 is 0 Å². The molecule has 1 unspecified atom stereocenters. The van der Waals surface area contributed by atoms with Gasteiger partial charge in [-0.3, -0.25) is 0 Å². The molecule has 0 aromatic heterocycles. The molecule has 0 spiro atoms. The van der Waals surface area contributed by atoms with E-state index in [-0.39, 0.29) is 0 Å². The van der Waals surface area contributed by atoms with Crippen LogP contribution in [-0.4, -0.2) is 41.3 Å². The Morgan fingerprint density at radius 1 is 1.20 bits per heavy atom. The molecule has 0 saturated heterocycles. The lowest BCUT2D eigenvalue weighted by molar-refractivity contribution is 0.197. The van der Waals surface area contributed by atoms with E-state index in [1.54, 1.807) is 0 Å². The molecule has 0 aliphatic carbocycles. The van der Waals surface area contributed by atoms with Crippen LogP contribution in [0.3, 0.4) is 0 Å². The predicted octanol–water partition coefficient (Wildman–Crippen LogP) is 0.804. The summed E-state index contributed by atoms with van der Waals surface area (Å²) in [7, 11) is -1.19. The molecule has 4 nitrogen and oxygen atoms in total. The van der Waals surface area contributed by atoms with Crippen LogP contribution in [0.1, 0.15) is 33.6 Å².